The summed E-state index contributed by atoms with van der Waals surface area (Å²) >= 11 is 0. The Balaban J connectivity index is 1.96. The second-order valence-corrected chi connectivity index (χ2v) is 8.19. The van der Waals surface area contributed by atoms with Gasteiger partial charge in [0.15, 0.2) is 0 Å². The molecule has 1 aliphatic rings. The monoisotopic (exact) mass is 339 g/mol. The van der Waals surface area contributed by atoms with Gasteiger partial charge in [0.25, 0.3) is 16.1 Å². The summed E-state index contributed by atoms with van der Waals surface area (Å²) in [5, 5.41) is 0. The predicted molar refractivity (Wildman–Crippen MR) is 90.6 cm³/mol. The average Bonchev–Trinajstić information content (AvgIpc) is 2.49. The zero-order chi connectivity index (χ0) is 17.2. The van der Waals surface area contributed by atoms with E-state index in [0.717, 1.165) is 5.56 Å². The van der Waals surface area contributed by atoms with Crippen LogP contribution in [-0.4, -0.2) is 56.8 Å². The highest BCUT2D eigenvalue weighted by molar-refractivity contribution is 7.87. The first-order valence-electron chi connectivity index (χ1n) is 7.77. The standard InChI is InChI=1S/C16H25N3O3S/c1-12-5-6-14(11-13(12)2)16(20)19-9-7-15(8-10-19)17-23(21,22)18(3)4/h5-6,11,15,17H,7-10H2,1-4H3. The number of benzene rings is 1. The van der Waals surface area contributed by atoms with E-state index in [9.17, 15) is 13.2 Å². The van der Waals surface area contributed by atoms with Crippen LogP contribution in [0.2, 0.25) is 0 Å². The molecule has 2 rings (SSSR count). The Labute approximate surface area is 138 Å². The molecular weight excluding hydrogens is 314 g/mol. The van der Waals surface area contributed by atoms with Gasteiger partial charge in [0, 0.05) is 38.8 Å². The number of carbonyl (C=O) groups is 1. The molecule has 6 nitrogen and oxygen atoms in total. The zero-order valence-corrected chi connectivity index (χ0v) is 15.0. The molecule has 0 spiro atoms. The molecule has 128 valence electrons. The topological polar surface area (TPSA) is 69.7 Å². The summed E-state index contributed by atoms with van der Waals surface area (Å²) in [7, 11) is -0.417. The molecule has 0 radical (unpaired) electrons. The maximum atomic E-state index is 12.5. The van der Waals surface area contributed by atoms with Gasteiger partial charge in [0.1, 0.15) is 0 Å². The van der Waals surface area contributed by atoms with Crippen molar-refractivity contribution in [1.29, 1.82) is 0 Å². The van der Waals surface area contributed by atoms with E-state index >= 15 is 0 Å². The molecular formula is C16H25N3O3S. The van der Waals surface area contributed by atoms with Gasteiger partial charge in [0.2, 0.25) is 0 Å². The van der Waals surface area contributed by atoms with E-state index in [1.807, 2.05) is 32.0 Å². The maximum absolute atomic E-state index is 12.5. The van der Waals surface area contributed by atoms with Gasteiger partial charge in [-0.25, -0.2) is 0 Å². The van der Waals surface area contributed by atoms with Crippen molar-refractivity contribution < 1.29 is 13.2 Å². The van der Waals surface area contributed by atoms with Crippen LogP contribution in [0, 0.1) is 13.8 Å². The third-order valence-electron chi connectivity index (χ3n) is 4.33. The van der Waals surface area contributed by atoms with Gasteiger partial charge in [0.05, 0.1) is 0 Å². The quantitative estimate of drug-likeness (QED) is 0.899. The second kappa shape index (κ2) is 6.98. The van der Waals surface area contributed by atoms with Crippen LogP contribution < -0.4 is 4.72 Å². The van der Waals surface area contributed by atoms with Crippen LogP contribution >= 0.6 is 0 Å². The number of likely N-dealkylation sites (tertiary alicyclic amines) is 1. The van der Waals surface area contributed by atoms with Crippen LogP contribution in [0.3, 0.4) is 0 Å². The van der Waals surface area contributed by atoms with Crippen molar-refractivity contribution in [3.63, 3.8) is 0 Å². The number of nitrogens with zero attached hydrogens (tertiary/aromatic N) is 2. The van der Waals surface area contributed by atoms with Crippen LogP contribution in [0.5, 0.6) is 0 Å². The summed E-state index contributed by atoms with van der Waals surface area (Å²) in [6.07, 6.45) is 1.26. The first-order chi connectivity index (χ1) is 10.7. The molecule has 1 saturated heterocycles. The minimum Gasteiger partial charge on any atom is -0.339 e. The number of nitrogens with one attached hydrogen (secondary N) is 1. The SMILES string of the molecule is Cc1ccc(C(=O)N2CCC(NS(=O)(=O)N(C)C)CC2)cc1C. The molecule has 0 aliphatic carbocycles. The van der Waals surface area contributed by atoms with Crippen molar-refractivity contribution in [2.24, 2.45) is 0 Å². The fourth-order valence-corrected chi connectivity index (χ4v) is 3.44. The van der Waals surface area contributed by atoms with Crippen LogP contribution in [0.4, 0.5) is 0 Å². The Hall–Kier alpha value is -1.44. The van der Waals surface area contributed by atoms with Gasteiger partial charge < -0.3 is 4.90 Å². The van der Waals surface area contributed by atoms with E-state index in [0.29, 0.717) is 31.5 Å². The number of hydrogen-bond donors (Lipinski definition) is 1. The molecule has 23 heavy (non-hydrogen) atoms. The van der Waals surface area contributed by atoms with Crippen LogP contribution in [-0.2, 0) is 10.2 Å². The summed E-state index contributed by atoms with van der Waals surface area (Å²) in [6.45, 7) is 5.14. The third kappa shape index (κ3) is 4.31. The Morgan fingerprint density at radius 2 is 1.78 bits per heavy atom. The molecule has 1 aromatic carbocycles. The lowest BCUT2D eigenvalue weighted by Crippen LogP contribution is -2.49. The number of hydrogen-bond acceptors (Lipinski definition) is 3. The minimum atomic E-state index is -3.42. The molecule has 0 saturated carbocycles. The lowest BCUT2D eigenvalue weighted by Gasteiger charge is -2.32. The molecule has 0 unspecified atom stereocenters. The normalized spacial score (nSPS) is 16.8. The second-order valence-electron chi connectivity index (χ2n) is 6.27. The highest BCUT2D eigenvalue weighted by atomic mass is 32.2. The molecule has 0 aromatic heterocycles. The third-order valence-corrected chi connectivity index (χ3v) is 5.92. The van der Waals surface area contributed by atoms with Crippen molar-refractivity contribution in [2.45, 2.75) is 32.7 Å². The number of rotatable bonds is 4. The van der Waals surface area contributed by atoms with Gasteiger partial charge in [-0.05, 0) is 49.9 Å². The Morgan fingerprint density at radius 1 is 1.17 bits per heavy atom. The first-order valence-corrected chi connectivity index (χ1v) is 9.21. The Kier molecular flexibility index (Phi) is 5.44. The Bertz CT molecular complexity index is 678. The number of aryl methyl sites for hydroxylation is 2. The van der Waals surface area contributed by atoms with E-state index in [1.54, 1.807) is 4.90 Å². The largest absolute Gasteiger partial charge is 0.339 e. The van der Waals surface area contributed by atoms with Gasteiger partial charge >= 0.3 is 0 Å². The fraction of sp³-hybridized carbons (Fsp3) is 0.562. The molecule has 0 atom stereocenters. The van der Waals surface area contributed by atoms with Crippen molar-refractivity contribution in [2.75, 3.05) is 27.2 Å². The first kappa shape index (κ1) is 17.9. The molecule has 1 aromatic rings. The molecule has 1 amide bonds. The van der Waals surface area contributed by atoms with E-state index in [-0.39, 0.29) is 11.9 Å². The zero-order valence-electron chi connectivity index (χ0n) is 14.2. The molecule has 1 aliphatic heterocycles. The van der Waals surface area contributed by atoms with Gasteiger partial charge in [-0.1, -0.05) is 6.07 Å². The summed E-state index contributed by atoms with van der Waals surface area (Å²) in [6, 6.07) is 5.61. The molecule has 7 heteroatoms. The Morgan fingerprint density at radius 3 is 2.30 bits per heavy atom. The average molecular weight is 339 g/mol. The van der Waals surface area contributed by atoms with E-state index in [4.69, 9.17) is 0 Å². The smallest absolute Gasteiger partial charge is 0.279 e. The van der Waals surface area contributed by atoms with Crippen molar-refractivity contribution in [1.82, 2.24) is 13.9 Å². The molecule has 1 heterocycles. The van der Waals surface area contributed by atoms with E-state index in [1.165, 1.54) is 24.0 Å². The van der Waals surface area contributed by atoms with Crippen LogP contribution in [0.25, 0.3) is 0 Å². The molecule has 0 bridgehead atoms. The minimum absolute atomic E-state index is 0.0158. The van der Waals surface area contributed by atoms with E-state index in [2.05, 4.69) is 4.72 Å². The molecule has 1 fully saturated rings. The number of piperidine rings is 1. The fourth-order valence-electron chi connectivity index (χ4n) is 2.57. The lowest BCUT2D eigenvalue weighted by molar-refractivity contribution is 0.0711. The summed E-state index contributed by atoms with van der Waals surface area (Å²) in [5.74, 6) is 0.0158. The van der Waals surface area contributed by atoms with Crippen LogP contribution in [0.1, 0.15) is 34.3 Å². The van der Waals surface area contributed by atoms with Crippen LogP contribution in [0.15, 0.2) is 18.2 Å². The summed E-state index contributed by atoms with van der Waals surface area (Å²) < 4.78 is 27.5. The summed E-state index contributed by atoms with van der Waals surface area (Å²) in [4.78, 5) is 14.3. The van der Waals surface area contributed by atoms with Crippen molar-refractivity contribution >= 4 is 16.1 Å². The van der Waals surface area contributed by atoms with E-state index < -0.39 is 10.2 Å². The summed E-state index contributed by atoms with van der Waals surface area (Å²) in [5.41, 5.74) is 2.96. The number of amides is 1. The van der Waals surface area contributed by atoms with Gasteiger partial charge in [-0.3, -0.25) is 4.79 Å². The van der Waals surface area contributed by atoms with Gasteiger partial charge in [-0.2, -0.15) is 17.4 Å². The van der Waals surface area contributed by atoms with Crippen molar-refractivity contribution in [3.8, 4) is 0 Å². The van der Waals surface area contributed by atoms with Gasteiger partial charge in [-0.15, -0.1) is 0 Å². The predicted octanol–water partition coefficient (Wildman–Crippen LogP) is 1.30. The highest BCUT2D eigenvalue weighted by Crippen LogP contribution is 2.17. The maximum Gasteiger partial charge on any atom is 0.279 e. The highest BCUT2D eigenvalue weighted by Gasteiger charge is 2.27. The van der Waals surface area contributed by atoms with Crippen molar-refractivity contribution in [3.05, 3.63) is 34.9 Å². The molecule has 1 N–H and O–H groups in total. The number of carbonyl (C=O) groups excluding carboxylic acids is 1. The lowest BCUT2D eigenvalue weighted by atomic mass is 10.0.